The summed E-state index contributed by atoms with van der Waals surface area (Å²) >= 11 is 6.53. The van der Waals surface area contributed by atoms with Gasteiger partial charge in [-0.05, 0) is 37.9 Å². The molecule has 5 nitrogen and oxygen atoms in total. The summed E-state index contributed by atoms with van der Waals surface area (Å²) in [5.41, 5.74) is -0.129. The molecule has 17 heavy (non-hydrogen) atoms. The van der Waals surface area contributed by atoms with Crippen LogP contribution in [0.2, 0.25) is 0 Å². The van der Waals surface area contributed by atoms with Gasteiger partial charge in [-0.25, -0.2) is 0 Å². The fourth-order valence-electron chi connectivity index (χ4n) is 1.33. The van der Waals surface area contributed by atoms with Crippen LogP contribution >= 0.6 is 31.9 Å². The van der Waals surface area contributed by atoms with Crippen LogP contribution in [0.3, 0.4) is 0 Å². The molecule has 2 rings (SSSR count). The summed E-state index contributed by atoms with van der Waals surface area (Å²) in [6.45, 7) is 2.22. The highest BCUT2D eigenvalue weighted by Crippen LogP contribution is 2.13. The SMILES string of the molecule is CCc1nc(Cn2cc(Br)cc(Br)c2=O)no1. The molecule has 0 radical (unpaired) electrons. The second-order valence-corrected chi connectivity index (χ2v) is 5.17. The molecule has 0 saturated heterocycles. The molecular weight excluding hydrogens is 354 g/mol. The second-order valence-electron chi connectivity index (χ2n) is 3.40. The summed E-state index contributed by atoms with van der Waals surface area (Å²) in [6.07, 6.45) is 2.37. The molecule has 0 atom stereocenters. The predicted molar refractivity (Wildman–Crippen MR) is 68.9 cm³/mol. The fraction of sp³-hybridized carbons (Fsp3) is 0.300. The molecule has 0 aliphatic heterocycles. The maximum absolute atomic E-state index is 11.8. The van der Waals surface area contributed by atoms with E-state index in [2.05, 4.69) is 42.0 Å². The van der Waals surface area contributed by atoms with Gasteiger partial charge in [0, 0.05) is 17.1 Å². The van der Waals surface area contributed by atoms with Crippen LogP contribution in [0.4, 0.5) is 0 Å². The Balaban J connectivity index is 2.32. The highest BCUT2D eigenvalue weighted by molar-refractivity contribution is 9.11. The Bertz CT molecular complexity index is 591. The van der Waals surface area contributed by atoms with E-state index in [-0.39, 0.29) is 5.56 Å². The second kappa shape index (κ2) is 5.14. The highest BCUT2D eigenvalue weighted by atomic mass is 79.9. The van der Waals surface area contributed by atoms with Gasteiger partial charge in [0.05, 0.1) is 11.0 Å². The van der Waals surface area contributed by atoms with Gasteiger partial charge in [-0.15, -0.1) is 0 Å². The number of hydrogen-bond donors (Lipinski definition) is 0. The average Bonchev–Trinajstić information content (AvgIpc) is 2.73. The maximum atomic E-state index is 11.8. The molecule has 90 valence electrons. The third kappa shape index (κ3) is 2.84. The van der Waals surface area contributed by atoms with E-state index in [1.807, 2.05) is 6.92 Å². The molecule has 0 N–H and O–H groups in total. The van der Waals surface area contributed by atoms with Crippen molar-refractivity contribution in [3.05, 3.63) is 43.3 Å². The lowest BCUT2D eigenvalue weighted by Crippen LogP contribution is -2.21. The Morgan fingerprint density at radius 2 is 2.24 bits per heavy atom. The minimum absolute atomic E-state index is 0.129. The molecule has 2 aromatic rings. The highest BCUT2D eigenvalue weighted by Gasteiger charge is 2.08. The van der Waals surface area contributed by atoms with Gasteiger partial charge in [-0.3, -0.25) is 4.79 Å². The van der Waals surface area contributed by atoms with Crippen molar-refractivity contribution in [3.8, 4) is 0 Å². The van der Waals surface area contributed by atoms with Gasteiger partial charge in [0.25, 0.3) is 5.56 Å². The van der Waals surface area contributed by atoms with Crippen molar-refractivity contribution in [2.24, 2.45) is 0 Å². The van der Waals surface area contributed by atoms with Crippen molar-refractivity contribution >= 4 is 31.9 Å². The monoisotopic (exact) mass is 361 g/mol. The van der Waals surface area contributed by atoms with E-state index in [1.165, 1.54) is 4.57 Å². The first kappa shape index (κ1) is 12.5. The summed E-state index contributed by atoms with van der Waals surface area (Å²) in [7, 11) is 0. The smallest absolute Gasteiger partial charge is 0.265 e. The van der Waals surface area contributed by atoms with Crippen LogP contribution in [0, 0.1) is 0 Å². The number of rotatable bonds is 3. The molecule has 2 heterocycles. The number of aryl methyl sites for hydroxylation is 1. The normalized spacial score (nSPS) is 10.8. The van der Waals surface area contributed by atoms with Gasteiger partial charge in [-0.2, -0.15) is 4.98 Å². The molecule has 7 heteroatoms. The zero-order chi connectivity index (χ0) is 12.4. The summed E-state index contributed by atoms with van der Waals surface area (Å²) in [5, 5.41) is 3.81. The van der Waals surface area contributed by atoms with Crippen LogP contribution < -0.4 is 5.56 Å². The van der Waals surface area contributed by atoms with E-state index in [4.69, 9.17) is 4.52 Å². The van der Waals surface area contributed by atoms with Crippen molar-refractivity contribution in [2.75, 3.05) is 0 Å². The van der Waals surface area contributed by atoms with Crippen LogP contribution in [0.25, 0.3) is 0 Å². The number of aromatic nitrogens is 3. The molecule has 0 aliphatic rings. The van der Waals surface area contributed by atoms with E-state index >= 15 is 0 Å². The van der Waals surface area contributed by atoms with Gasteiger partial charge in [0.1, 0.15) is 0 Å². The first-order valence-electron chi connectivity index (χ1n) is 4.97. The third-order valence-electron chi connectivity index (χ3n) is 2.13. The van der Waals surface area contributed by atoms with Crippen LogP contribution in [0.15, 0.2) is 30.5 Å². The fourth-order valence-corrected chi connectivity index (χ4v) is 2.59. The summed E-state index contributed by atoms with van der Waals surface area (Å²) < 4.78 is 7.80. The van der Waals surface area contributed by atoms with Crippen molar-refractivity contribution in [3.63, 3.8) is 0 Å². The lowest BCUT2D eigenvalue weighted by atomic mass is 10.4. The van der Waals surface area contributed by atoms with E-state index in [9.17, 15) is 4.79 Å². The Morgan fingerprint density at radius 3 is 2.88 bits per heavy atom. The standard InChI is InChI=1S/C10H9Br2N3O2/c1-2-9-13-8(14-17-9)5-15-4-6(11)3-7(12)10(15)16/h3-4H,2,5H2,1H3. The quantitative estimate of drug-likeness (QED) is 0.840. The number of pyridine rings is 1. The van der Waals surface area contributed by atoms with Gasteiger partial charge in [0.15, 0.2) is 5.82 Å². The van der Waals surface area contributed by atoms with Crippen molar-refractivity contribution in [1.29, 1.82) is 0 Å². The summed E-state index contributed by atoms with van der Waals surface area (Å²) in [5.74, 6) is 1.07. The molecule has 0 saturated carbocycles. The molecule has 0 spiro atoms. The van der Waals surface area contributed by atoms with Gasteiger partial charge in [0.2, 0.25) is 5.89 Å². The maximum Gasteiger partial charge on any atom is 0.265 e. The minimum atomic E-state index is -0.129. The Morgan fingerprint density at radius 1 is 1.47 bits per heavy atom. The average molecular weight is 363 g/mol. The van der Waals surface area contributed by atoms with Crippen molar-refractivity contribution in [1.82, 2.24) is 14.7 Å². The molecule has 0 amide bonds. The molecule has 0 fully saturated rings. The van der Waals surface area contributed by atoms with Gasteiger partial charge in [-0.1, -0.05) is 12.1 Å². The summed E-state index contributed by atoms with van der Waals surface area (Å²) in [4.78, 5) is 16.0. The Hall–Kier alpha value is -0.950. The third-order valence-corrected chi connectivity index (χ3v) is 3.14. The molecule has 0 bridgehead atoms. The number of hydrogen-bond acceptors (Lipinski definition) is 4. The molecule has 0 aromatic carbocycles. The van der Waals surface area contributed by atoms with Crippen LogP contribution in [-0.4, -0.2) is 14.7 Å². The molecule has 0 unspecified atom stereocenters. The Kier molecular flexibility index (Phi) is 3.78. The van der Waals surface area contributed by atoms with Crippen LogP contribution in [-0.2, 0) is 13.0 Å². The van der Waals surface area contributed by atoms with Gasteiger partial charge < -0.3 is 9.09 Å². The van der Waals surface area contributed by atoms with E-state index < -0.39 is 0 Å². The predicted octanol–water partition coefficient (Wildman–Crippen LogP) is 2.37. The zero-order valence-electron chi connectivity index (χ0n) is 8.98. The summed E-state index contributed by atoms with van der Waals surface area (Å²) in [6, 6.07) is 1.70. The van der Waals surface area contributed by atoms with Crippen LogP contribution in [0.5, 0.6) is 0 Å². The minimum Gasteiger partial charge on any atom is -0.339 e. The Labute approximate surface area is 114 Å². The van der Waals surface area contributed by atoms with Crippen molar-refractivity contribution in [2.45, 2.75) is 19.9 Å². The first-order chi connectivity index (χ1) is 8.10. The van der Waals surface area contributed by atoms with E-state index in [1.54, 1.807) is 12.3 Å². The molecular formula is C10H9Br2N3O2. The lowest BCUT2D eigenvalue weighted by molar-refractivity contribution is 0.375. The topological polar surface area (TPSA) is 60.9 Å². The number of nitrogens with zero attached hydrogens (tertiary/aromatic N) is 3. The lowest BCUT2D eigenvalue weighted by Gasteiger charge is -2.03. The first-order valence-corrected chi connectivity index (χ1v) is 6.55. The number of halogens is 2. The molecule has 0 aliphatic carbocycles. The largest absolute Gasteiger partial charge is 0.339 e. The van der Waals surface area contributed by atoms with E-state index in [0.717, 1.165) is 4.47 Å². The van der Waals surface area contributed by atoms with Gasteiger partial charge >= 0.3 is 0 Å². The molecule has 2 aromatic heterocycles. The van der Waals surface area contributed by atoms with Crippen LogP contribution in [0.1, 0.15) is 18.6 Å². The zero-order valence-corrected chi connectivity index (χ0v) is 12.2. The van der Waals surface area contributed by atoms with E-state index in [0.29, 0.717) is 29.2 Å². The van der Waals surface area contributed by atoms with Crippen molar-refractivity contribution < 1.29 is 4.52 Å².